The van der Waals surface area contributed by atoms with Gasteiger partial charge in [0.25, 0.3) is 21.6 Å². The fourth-order valence-electron chi connectivity index (χ4n) is 10.8. The van der Waals surface area contributed by atoms with Gasteiger partial charge in [-0.2, -0.15) is 10.1 Å². The zero-order valence-corrected chi connectivity index (χ0v) is 38.7. The van der Waals surface area contributed by atoms with E-state index >= 15 is 0 Å². The molecule has 5 aliphatic rings. The van der Waals surface area contributed by atoms with Gasteiger partial charge in [0.2, 0.25) is 5.88 Å². The lowest BCUT2D eigenvalue weighted by atomic mass is 9.59. The number of carbonyl (C=O) groups is 1. The second-order valence-corrected chi connectivity index (χ2v) is 20.8. The topological polar surface area (TPSA) is 181 Å². The number of rotatable bonds is 10. The minimum atomic E-state index is -4.65. The van der Waals surface area contributed by atoms with Crippen LogP contribution < -0.4 is 19.3 Å². The number of nitrogens with zero attached hydrogens (tertiary/aromatic N) is 7. The van der Waals surface area contributed by atoms with E-state index in [2.05, 4.69) is 36.7 Å². The highest BCUT2D eigenvalue weighted by molar-refractivity contribution is 7.90. The molecule has 18 heteroatoms. The number of H-pyrrole nitrogens is 1. The molecule has 3 aliphatic heterocycles. The Kier molecular flexibility index (Phi) is 11.4. The van der Waals surface area contributed by atoms with E-state index in [1.54, 1.807) is 16.9 Å². The first-order chi connectivity index (χ1) is 32.5. The number of hydrogen-bond donors (Lipinski definition) is 2. The van der Waals surface area contributed by atoms with Gasteiger partial charge in [-0.15, -0.1) is 0 Å². The zero-order chi connectivity index (χ0) is 45.9. The number of amides is 1. The first-order valence-corrected chi connectivity index (χ1v) is 25.1. The molecule has 2 aliphatic carbocycles. The Bertz CT molecular complexity index is 3040. The Morgan fingerprint density at radius 1 is 0.940 bits per heavy atom. The van der Waals surface area contributed by atoms with Gasteiger partial charge in [0.15, 0.2) is 0 Å². The van der Waals surface area contributed by atoms with E-state index in [1.807, 2.05) is 41.3 Å². The number of nitro benzene ring substituents is 1. The van der Waals surface area contributed by atoms with E-state index in [1.165, 1.54) is 54.7 Å². The Hall–Kier alpha value is -6.01. The number of aromatic nitrogens is 4. The minimum absolute atomic E-state index is 0.110. The predicted molar refractivity (Wildman–Crippen MR) is 257 cm³/mol. The summed E-state index contributed by atoms with van der Waals surface area (Å²) in [6.45, 7) is 5.95. The highest BCUT2D eigenvalue weighted by Gasteiger charge is 2.41. The molecule has 6 heterocycles. The lowest BCUT2D eigenvalue weighted by molar-refractivity contribution is -0.383. The van der Waals surface area contributed by atoms with Crippen LogP contribution in [0.15, 0.2) is 89.6 Å². The van der Waals surface area contributed by atoms with E-state index in [0.29, 0.717) is 79.5 Å². The largest absolute Gasteiger partial charge is 0.476 e. The average Bonchev–Trinajstić information content (AvgIpc) is 3.93. The van der Waals surface area contributed by atoms with Crippen molar-refractivity contribution in [2.45, 2.75) is 68.7 Å². The molecule has 3 fully saturated rings. The number of piperazine rings is 1. The van der Waals surface area contributed by atoms with Gasteiger partial charge in [0, 0.05) is 80.8 Å². The zero-order valence-electron chi connectivity index (χ0n) is 37.1. The summed E-state index contributed by atoms with van der Waals surface area (Å²) >= 11 is 6.32. The van der Waals surface area contributed by atoms with Crippen molar-refractivity contribution in [3.8, 4) is 5.88 Å². The number of nitro groups is 1. The molecule has 3 aromatic carbocycles. The van der Waals surface area contributed by atoms with Crippen LogP contribution in [0.5, 0.6) is 5.88 Å². The smallest absolute Gasteiger partial charge is 0.281 e. The van der Waals surface area contributed by atoms with Crippen LogP contribution in [0.4, 0.5) is 22.7 Å². The van der Waals surface area contributed by atoms with Crippen molar-refractivity contribution in [1.29, 1.82) is 0 Å². The number of fused-ring (bicyclic) bond motifs is 3. The van der Waals surface area contributed by atoms with Crippen LogP contribution in [0.2, 0.25) is 5.02 Å². The minimum Gasteiger partial charge on any atom is -0.476 e. The second kappa shape index (κ2) is 17.6. The van der Waals surface area contributed by atoms with Crippen molar-refractivity contribution in [1.82, 2.24) is 29.4 Å². The van der Waals surface area contributed by atoms with Crippen molar-refractivity contribution in [3.63, 3.8) is 0 Å². The van der Waals surface area contributed by atoms with Gasteiger partial charge in [-0.1, -0.05) is 35.7 Å². The summed E-state index contributed by atoms with van der Waals surface area (Å²) in [4.78, 5) is 40.6. The highest BCUT2D eigenvalue weighted by Crippen LogP contribution is 2.55. The van der Waals surface area contributed by atoms with Crippen molar-refractivity contribution >= 4 is 77.8 Å². The summed E-state index contributed by atoms with van der Waals surface area (Å²) in [7, 11) is -4.65. The number of carbonyl (C=O) groups excluding carboxylic acids is 1. The van der Waals surface area contributed by atoms with Gasteiger partial charge in [0.1, 0.15) is 11.3 Å². The molecule has 2 saturated heterocycles. The van der Waals surface area contributed by atoms with Gasteiger partial charge in [-0.05, 0) is 116 Å². The SMILES string of the molecule is O=C(NS(=O)(=O)c1cc([N+](=O)[O-])c2cnn(C3CCOCC3)c2c1)c1ccc(N2CCN(CC3=C(c4ccc(Cl)cc4)CC4(CCC4)CC3)CC2)cc1N1CCCOc2nc3[nH]ccc3cc21. The number of non-ortho nitro benzene ring substituents is 1. The number of anilines is 3. The molecule has 348 valence electrons. The predicted octanol–water partition coefficient (Wildman–Crippen LogP) is 8.80. The van der Waals surface area contributed by atoms with Crippen LogP contribution in [0, 0.1) is 15.5 Å². The number of allylic oxidation sites excluding steroid dienone is 1. The lowest BCUT2D eigenvalue weighted by Crippen LogP contribution is -2.47. The molecular weight excluding hydrogens is 894 g/mol. The van der Waals surface area contributed by atoms with Crippen molar-refractivity contribution < 1.29 is 27.6 Å². The molecular formula is C49H52ClN9O7S. The van der Waals surface area contributed by atoms with E-state index < -0.39 is 31.4 Å². The van der Waals surface area contributed by atoms with Crippen LogP contribution in [0.1, 0.15) is 79.8 Å². The summed E-state index contributed by atoms with van der Waals surface area (Å²) < 4.78 is 44.1. The number of nitrogens with one attached hydrogen (secondary N) is 2. The molecule has 1 amide bonds. The van der Waals surface area contributed by atoms with Crippen LogP contribution >= 0.6 is 11.6 Å². The number of ether oxygens (including phenoxy) is 2. The van der Waals surface area contributed by atoms with Gasteiger partial charge < -0.3 is 24.3 Å². The number of hydrogen-bond acceptors (Lipinski definition) is 12. The molecule has 16 nitrogen and oxygen atoms in total. The van der Waals surface area contributed by atoms with Gasteiger partial charge in [-0.25, -0.2) is 13.1 Å². The maximum Gasteiger partial charge on any atom is 0.281 e. The third kappa shape index (κ3) is 8.40. The van der Waals surface area contributed by atoms with Crippen molar-refractivity contribution in [3.05, 3.63) is 111 Å². The Morgan fingerprint density at radius 3 is 2.51 bits per heavy atom. The first kappa shape index (κ1) is 43.6. The van der Waals surface area contributed by atoms with Gasteiger partial charge >= 0.3 is 0 Å². The Morgan fingerprint density at radius 2 is 1.75 bits per heavy atom. The number of pyridine rings is 1. The normalized spacial score (nSPS) is 19.3. The average molecular weight is 947 g/mol. The van der Waals surface area contributed by atoms with Crippen LogP contribution in [0.25, 0.3) is 27.5 Å². The van der Waals surface area contributed by atoms with E-state index in [9.17, 15) is 23.3 Å². The third-order valence-electron chi connectivity index (χ3n) is 14.7. The maximum absolute atomic E-state index is 14.6. The van der Waals surface area contributed by atoms with E-state index in [4.69, 9.17) is 26.1 Å². The summed E-state index contributed by atoms with van der Waals surface area (Å²) in [5.41, 5.74) is 7.40. The number of sulfonamides is 1. The molecule has 0 atom stereocenters. The summed E-state index contributed by atoms with van der Waals surface area (Å²) in [6, 6.07) is 19.9. The summed E-state index contributed by atoms with van der Waals surface area (Å²) in [5, 5.41) is 18.6. The van der Waals surface area contributed by atoms with Crippen molar-refractivity contribution in [2.24, 2.45) is 5.41 Å². The van der Waals surface area contributed by atoms with Gasteiger partial charge in [-0.3, -0.25) is 24.5 Å². The monoisotopic (exact) mass is 945 g/mol. The fraction of sp³-hybridized carbons (Fsp3) is 0.408. The van der Waals surface area contributed by atoms with Crippen molar-refractivity contribution in [2.75, 3.05) is 68.9 Å². The molecule has 1 saturated carbocycles. The third-order valence-corrected chi connectivity index (χ3v) is 16.2. The standard InChI is InChI=1S/C49H52ClN9O7S/c50-35-5-3-32(4-6-35)40-29-49(13-1-14-49)15-9-34(40)31-55-18-20-56(21-19-55)37-7-8-39(42(26-37)57-17-2-22-66-48-45(57)25-33-10-16-51-46(33)53-48)47(60)54-67(63,64)38-27-43-41(44(28-38)59(61)62)30-52-58(43)36-11-23-65-24-12-36/h3-8,10,16,25-28,30,36H,1-2,9,11-15,17-24,29,31H2,(H,51,53)(H,54,60). The summed E-state index contributed by atoms with van der Waals surface area (Å²) in [5.74, 6) is -0.485. The maximum atomic E-state index is 14.6. The molecule has 0 unspecified atom stereocenters. The number of aromatic amines is 1. The molecule has 0 radical (unpaired) electrons. The lowest BCUT2D eigenvalue weighted by Gasteiger charge is -2.47. The molecule has 3 aromatic heterocycles. The molecule has 67 heavy (non-hydrogen) atoms. The van der Waals surface area contributed by atoms with Gasteiger partial charge in [0.05, 0.1) is 50.8 Å². The van der Waals surface area contributed by atoms with Crippen LogP contribution in [-0.4, -0.2) is 103 Å². The Labute approximate surface area is 393 Å². The molecule has 2 N–H and O–H groups in total. The first-order valence-electron chi connectivity index (χ1n) is 23.3. The molecule has 11 rings (SSSR count). The highest BCUT2D eigenvalue weighted by atomic mass is 35.5. The number of halogens is 1. The molecule has 1 spiro atoms. The van der Waals surface area contributed by atoms with E-state index in [0.717, 1.165) is 67.7 Å². The number of benzene rings is 3. The molecule has 6 aromatic rings. The van der Waals surface area contributed by atoms with Crippen LogP contribution in [-0.2, 0) is 14.8 Å². The summed E-state index contributed by atoms with van der Waals surface area (Å²) in [6.07, 6.45) is 12.4. The fourth-order valence-corrected chi connectivity index (χ4v) is 12.0. The van der Waals surface area contributed by atoms with E-state index in [-0.39, 0.29) is 17.0 Å². The Balaban J connectivity index is 0.900. The second-order valence-electron chi connectivity index (χ2n) is 18.7. The van der Waals surface area contributed by atoms with Crippen LogP contribution in [0.3, 0.4) is 0 Å². The quantitative estimate of drug-likeness (QED) is 0.0986. The molecule has 0 bridgehead atoms.